The van der Waals surface area contributed by atoms with Gasteiger partial charge in [-0.2, -0.15) is 0 Å². The minimum absolute atomic E-state index is 0. The van der Waals surface area contributed by atoms with Gasteiger partial charge in [-0.3, -0.25) is 4.79 Å². The van der Waals surface area contributed by atoms with Gasteiger partial charge in [0.1, 0.15) is 0 Å². The van der Waals surface area contributed by atoms with Crippen LogP contribution in [0.1, 0.15) is 32.6 Å². The van der Waals surface area contributed by atoms with Crippen LogP contribution < -0.4 is 5.73 Å². The number of rotatable bonds is 2. The molecule has 4 heteroatoms. The molecular weight excluding hydrogens is 178 g/mol. The molecule has 0 aromatic heterocycles. The molecule has 1 aliphatic carbocycles. The van der Waals surface area contributed by atoms with Gasteiger partial charge in [0.15, 0.2) is 0 Å². The van der Waals surface area contributed by atoms with Gasteiger partial charge < -0.3 is 10.8 Å². The molecule has 72 valence electrons. The van der Waals surface area contributed by atoms with Crippen molar-refractivity contribution in [3.05, 3.63) is 0 Å². The van der Waals surface area contributed by atoms with E-state index in [1.54, 1.807) is 0 Å². The third-order valence-electron chi connectivity index (χ3n) is 2.90. The van der Waals surface area contributed by atoms with Gasteiger partial charge in [0, 0.05) is 6.04 Å². The largest absolute Gasteiger partial charge is 0.481 e. The Hall–Kier alpha value is -0.280. The summed E-state index contributed by atoms with van der Waals surface area (Å²) in [5.74, 6) is -0.718. The lowest BCUT2D eigenvalue weighted by Crippen LogP contribution is -2.42. The van der Waals surface area contributed by atoms with Crippen LogP contribution in [-0.4, -0.2) is 17.1 Å². The third-order valence-corrected chi connectivity index (χ3v) is 2.90. The predicted molar refractivity (Wildman–Crippen MR) is 49.4 cm³/mol. The number of carboxylic acid groups (broad SMARTS) is 1. The Bertz CT molecular complexity index is 174. The fourth-order valence-electron chi connectivity index (χ4n) is 1.95. The highest BCUT2D eigenvalue weighted by atomic mass is 35.5. The molecule has 0 unspecified atom stereocenters. The Morgan fingerprint density at radius 3 is 2.50 bits per heavy atom. The zero-order valence-electron chi connectivity index (χ0n) is 7.25. The highest BCUT2D eigenvalue weighted by molar-refractivity contribution is 5.85. The maximum Gasteiger partial charge on any atom is 0.311 e. The molecule has 0 aromatic carbocycles. The van der Waals surface area contributed by atoms with Gasteiger partial charge in [-0.25, -0.2) is 0 Å². The first kappa shape index (κ1) is 11.7. The van der Waals surface area contributed by atoms with Crippen molar-refractivity contribution in [2.45, 2.75) is 38.6 Å². The second kappa shape index (κ2) is 4.10. The lowest BCUT2D eigenvalue weighted by atomic mass is 9.80. The molecule has 0 radical (unpaired) electrons. The van der Waals surface area contributed by atoms with Gasteiger partial charge in [0.25, 0.3) is 0 Å². The average molecular weight is 194 g/mol. The fraction of sp³-hybridized carbons (Fsp3) is 0.875. The average Bonchev–Trinajstić information content (AvgIpc) is 2.32. The Morgan fingerprint density at radius 2 is 2.33 bits per heavy atom. The van der Waals surface area contributed by atoms with E-state index in [2.05, 4.69) is 0 Å². The molecule has 1 rings (SSSR count). The van der Waals surface area contributed by atoms with Crippen LogP contribution in [0.25, 0.3) is 0 Å². The van der Waals surface area contributed by atoms with E-state index in [9.17, 15) is 4.79 Å². The number of carbonyl (C=O) groups is 1. The standard InChI is InChI=1S/C8H15NO2.ClH/c1-2-8(7(10)11)5-3-4-6(8)9;/h6H,2-5,9H2,1H3,(H,10,11);1H/t6-,8+;/m1./s1. The van der Waals surface area contributed by atoms with Crippen molar-refractivity contribution in [1.82, 2.24) is 0 Å². The minimum atomic E-state index is -0.718. The first-order valence-corrected chi connectivity index (χ1v) is 4.12. The van der Waals surface area contributed by atoms with Crippen molar-refractivity contribution < 1.29 is 9.90 Å². The Kier molecular flexibility index (Phi) is 4.00. The van der Waals surface area contributed by atoms with E-state index in [4.69, 9.17) is 10.8 Å². The summed E-state index contributed by atoms with van der Waals surface area (Å²) >= 11 is 0. The van der Waals surface area contributed by atoms with Crippen molar-refractivity contribution in [2.75, 3.05) is 0 Å². The number of nitrogens with two attached hydrogens (primary N) is 1. The van der Waals surface area contributed by atoms with Crippen molar-refractivity contribution in [3.63, 3.8) is 0 Å². The first-order chi connectivity index (χ1) is 5.13. The summed E-state index contributed by atoms with van der Waals surface area (Å²) in [6, 6.07) is -0.134. The van der Waals surface area contributed by atoms with E-state index in [1.165, 1.54) is 0 Å². The summed E-state index contributed by atoms with van der Waals surface area (Å²) in [5.41, 5.74) is 5.13. The molecule has 3 N–H and O–H groups in total. The van der Waals surface area contributed by atoms with Crippen LogP contribution in [0.15, 0.2) is 0 Å². The number of halogens is 1. The summed E-state index contributed by atoms with van der Waals surface area (Å²) in [6.07, 6.45) is 3.23. The van der Waals surface area contributed by atoms with Crippen molar-refractivity contribution in [1.29, 1.82) is 0 Å². The van der Waals surface area contributed by atoms with Crippen molar-refractivity contribution in [3.8, 4) is 0 Å². The molecule has 0 spiro atoms. The second-order valence-corrected chi connectivity index (χ2v) is 3.31. The molecule has 3 nitrogen and oxygen atoms in total. The topological polar surface area (TPSA) is 63.3 Å². The lowest BCUT2D eigenvalue weighted by Gasteiger charge is -2.26. The maximum absolute atomic E-state index is 10.9. The van der Waals surface area contributed by atoms with Crippen LogP contribution in [-0.2, 0) is 4.79 Å². The van der Waals surface area contributed by atoms with Gasteiger partial charge in [0.05, 0.1) is 5.41 Å². The van der Waals surface area contributed by atoms with E-state index in [0.717, 1.165) is 19.3 Å². The zero-order valence-corrected chi connectivity index (χ0v) is 8.06. The van der Waals surface area contributed by atoms with Gasteiger partial charge in [-0.05, 0) is 19.3 Å². The fourth-order valence-corrected chi connectivity index (χ4v) is 1.95. The second-order valence-electron chi connectivity index (χ2n) is 3.31. The Balaban J connectivity index is 0.00000121. The molecule has 0 aliphatic heterocycles. The molecule has 0 bridgehead atoms. The van der Waals surface area contributed by atoms with Gasteiger partial charge in [-0.1, -0.05) is 13.3 Å². The number of hydrogen-bond acceptors (Lipinski definition) is 2. The summed E-state index contributed by atoms with van der Waals surface area (Å²) in [5, 5.41) is 8.95. The quantitative estimate of drug-likeness (QED) is 0.697. The van der Waals surface area contributed by atoms with E-state index in [-0.39, 0.29) is 18.4 Å². The SMILES string of the molecule is CC[C@]1(C(=O)O)CCC[C@H]1N.Cl. The zero-order chi connectivity index (χ0) is 8.48. The smallest absolute Gasteiger partial charge is 0.311 e. The molecule has 0 amide bonds. The van der Waals surface area contributed by atoms with Crippen LogP contribution in [0, 0.1) is 5.41 Å². The van der Waals surface area contributed by atoms with Crippen LogP contribution in [0.4, 0.5) is 0 Å². The maximum atomic E-state index is 10.9. The molecule has 1 saturated carbocycles. The third kappa shape index (κ3) is 1.57. The molecule has 0 heterocycles. The number of hydrogen-bond donors (Lipinski definition) is 2. The lowest BCUT2D eigenvalue weighted by molar-refractivity contribution is -0.149. The van der Waals surface area contributed by atoms with E-state index >= 15 is 0 Å². The van der Waals surface area contributed by atoms with Gasteiger partial charge in [-0.15, -0.1) is 12.4 Å². The van der Waals surface area contributed by atoms with E-state index in [0.29, 0.717) is 6.42 Å². The van der Waals surface area contributed by atoms with E-state index < -0.39 is 11.4 Å². The summed E-state index contributed by atoms with van der Waals surface area (Å²) in [7, 11) is 0. The normalized spacial score (nSPS) is 34.3. The van der Waals surface area contributed by atoms with Crippen LogP contribution >= 0.6 is 12.4 Å². The predicted octanol–water partition coefficient (Wildman–Crippen LogP) is 1.40. The molecule has 0 aromatic rings. The van der Waals surface area contributed by atoms with Crippen molar-refractivity contribution >= 4 is 18.4 Å². The summed E-state index contributed by atoms with van der Waals surface area (Å²) in [4.78, 5) is 10.9. The molecule has 1 aliphatic rings. The van der Waals surface area contributed by atoms with Crippen LogP contribution in [0.5, 0.6) is 0 Å². The van der Waals surface area contributed by atoms with Crippen molar-refractivity contribution in [2.24, 2.45) is 11.1 Å². The monoisotopic (exact) mass is 193 g/mol. The minimum Gasteiger partial charge on any atom is -0.481 e. The molecule has 1 fully saturated rings. The van der Waals surface area contributed by atoms with Gasteiger partial charge >= 0.3 is 5.97 Å². The Morgan fingerprint density at radius 1 is 1.75 bits per heavy atom. The molecule has 12 heavy (non-hydrogen) atoms. The Labute approximate surface area is 78.7 Å². The van der Waals surface area contributed by atoms with Crippen LogP contribution in [0.3, 0.4) is 0 Å². The summed E-state index contributed by atoms with van der Waals surface area (Å²) in [6.45, 7) is 1.90. The van der Waals surface area contributed by atoms with Crippen LogP contribution in [0.2, 0.25) is 0 Å². The highest BCUT2D eigenvalue weighted by Gasteiger charge is 2.45. The molecule has 2 atom stereocenters. The highest BCUT2D eigenvalue weighted by Crippen LogP contribution is 2.40. The summed E-state index contributed by atoms with van der Waals surface area (Å²) < 4.78 is 0. The first-order valence-electron chi connectivity index (χ1n) is 4.12. The van der Waals surface area contributed by atoms with E-state index in [1.807, 2.05) is 6.92 Å². The van der Waals surface area contributed by atoms with Gasteiger partial charge in [0.2, 0.25) is 0 Å². The number of carboxylic acids is 1. The molecule has 0 saturated heterocycles. The molecular formula is C8H16ClNO2. The number of aliphatic carboxylic acids is 1.